The van der Waals surface area contributed by atoms with Gasteiger partial charge < -0.3 is 19.9 Å². The van der Waals surface area contributed by atoms with Gasteiger partial charge in [-0.15, -0.1) is 0 Å². The van der Waals surface area contributed by atoms with E-state index in [9.17, 15) is 13.2 Å². The Morgan fingerprint density at radius 3 is 2.27 bits per heavy atom. The fourth-order valence-electron chi connectivity index (χ4n) is 2.51. The molecule has 1 amide bonds. The molecule has 2 aromatic rings. The molecule has 0 saturated carbocycles. The molecule has 140 valence electrons. The monoisotopic (exact) mass is 379 g/mol. The van der Waals surface area contributed by atoms with Gasteiger partial charge in [0.15, 0.2) is 21.3 Å². The summed E-state index contributed by atoms with van der Waals surface area (Å²) in [7, 11) is -0.509. The van der Waals surface area contributed by atoms with Crippen molar-refractivity contribution >= 4 is 21.4 Å². The second kappa shape index (κ2) is 8.20. The van der Waals surface area contributed by atoms with Gasteiger partial charge >= 0.3 is 0 Å². The van der Waals surface area contributed by atoms with E-state index in [1.807, 2.05) is 0 Å². The molecule has 0 spiro atoms. The van der Waals surface area contributed by atoms with Crippen LogP contribution in [-0.4, -0.2) is 46.0 Å². The van der Waals surface area contributed by atoms with E-state index in [2.05, 4.69) is 5.32 Å². The zero-order valence-corrected chi connectivity index (χ0v) is 15.6. The van der Waals surface area contributed by atoms with Crippen LogP contribution in [0.25, 0.3) is 0 Å². The minimum atomic E-state index is -3.52. The molecule has 26 heavy (non-hydrogen) atoms. The molecule has 7 nitrogen and oxygen atoms in total. The second-order valence-corrected chi connectivity index (χ2v) is 7.60. The van der Waals surface area contributed by atoms with Gasteiger partial charge in [-0.2, -0.15) is 0 Å². The number of anilines is 1. The molecule has 2 N–H and O–H groups in total. The third kappa shape index (κ3) is 4.14. The molecule has 0 fully saturated rings. The van der Waals surface area contributed by atoms with E-state index in [4.69, 9.17) is 14.6 Å². The highest BCUT2D eigenvalue weighted by Crippen LogP contribution is 2.33. The van der Waals surface area contributed by atoms with E-state index in [1.54, 1.807) is 19.1 Å². The quantitative estimate of drug-likeness (QED) is 0.763. The number of benzene rings is 2. The van der Waals surface area contributed by atoms with Crippen LogP contribution < -0.4 is 14.8 Å². The number of methoxy groups -OCH3 is 2. The molecule has 2 aromatic carbocycles. The Hall–Kier alpha value is -2.58. The number of sulfone groups is 1. The summed E-state index contributed by atoms with van der Waals surface area (Å²) < 4.78 is 34.3. The number of nitrogens with one attached hydrogen (secondary N) is 1. The number of aliphatic hydroxyl groups excluding tert-OH is 1. The molecule has 0 unspecified atom stereocenters. The molecular weight excluding hydrogens is 358 g/mol. The number of aliphatic hydroxyl groups is 1. The third-order valence-corrected chi connectivity index (χ3v) is 5.58. The SMILES string of the molecule is COc1ccc(C(=O)Nc2ccc(S(=O)(=O)CCO)cc2)c(C)c1OC. The van der Waals surface area contributed by atoms with Crippen molar-refractivity contribution in [3.63, 3.8) is 0 Å². The molecule has 0 aliphatic heterocycles. The Bertz CT molecular complexity index is 891. The first-order chi connectivity index (χ1) is 12.3. The number of carbonyl (C=O) groups is 1. The zero-order chi connectivity index (χ0) is 19.3. The summed E-state index contributed by atoms with van der Waals surface area (Å²) in [5, 5.41) is 11.5. The van der Waals surface area contributed by atoms with Crippen molar-refractivity contribution in [2.75, 3.05) is 31.9 Å². The highest BCUT2D eigenvalue weighted by molar-refractivity contribution is 7.91. The van der Waals surface area contributed by atoms with Gasteiger partial charge in [0.1, 0.15) is 0 Å². The van der Waals surface area contributed by atoms with Crippen molar-refractivity contribution in [2.45, 2.75) is 11.8 Å². The molecule has 2 rings (SSSR count). The summed E-state index contributed by atoms with van der Waals surface area (Å²) in [4.78, 5) is 12.6. The van der Waals surface area contributed by atoms with Gasteiger partial charge in [-0.1, -0.05) is 0 Å². The van der Waals surface area contributed by atoms with Crippen molar-refractivity contribution in [3.05, 3.63) is 47.5 Å². The van der Waals surface area contributed by atoms with Crippen LogP contribution in [0.2, 0.25) is 0 Å². The topological polar surface area (TPSA) is 102 Å². The molecule has 0 aliphatic rings. The first kappa shape index (κ1) is 19.7. The van der Waals surface area contributed by atoms with Gasteiger partial charge in [0.05, 0.1) is 31.5 Å². The molecule has 0 bridgehead atoms. The average molecular weight is 379 g/mol. The maximum absolute atomic E-state index is 12.5. The summed E-state index contributed by atoms with van der Waals surface area (Å²) >= 11 is 0. The standard InChI is InChI=1S/C18H21NO6S/c1-12-15(8-9-16(24-2)17(12)25-3)18(21)19-13-4-6-14(7-5-13)26(22,23)11-10-20/h4-9,20H,10-11H2,1-3H3,(H,19,21). The molecule has 0 aromatic heterocycles. The lowest BCUT2D eigenvalue weighted by Crippen LogP contribution is -2.14. The van der Waals surface area contributed by atoms with Gasteiger partial charge in [0.2, 0.25) is 0 Å². The first-order valence-corrected chi connectivity index (χ1v) is 9.46. The van der Waals surface area contributed by atoms with Crippen LogP contribution >= 0.6 is 0 Å². The zero-order valence-electron chi connectivity index (χ0n) is 14.8. The Labute approximate surface area is 152 Å². The van der Waals surface area contributed by atoms with Crippen molar-refractivity contribution in [1.82, 2.24) is 0 Å². The van der Waals surface area contributed by atoms with Crippen LogP contribution in [-0.2, 0) is 9.84 Å². The first-order valence-electron chi connectivity index (χ1n) is 7.80. The summed E-state index contributed by atoms with van der Waals surface area (Å²) in [6.45, 7) is 1.31. The normalized spacial score (nSPS) is 11.1. The molecule has 0 atom stereocenters. The van der Waals surface area contributed by atoms with Gasteiger partial charge in [-0.05, 0) is 43.3 Å². The minimum Gasteiger partial charge on any atom is -0.493 e. The Kier molecular flexibility index (Phi) is 6.23. The van der Waals surface area contributed by atoms with E-state index in [0.29, 0.717) is 28.3 Å². The molecule has 0 radical (unpaired) electrons. The highest BCUT2D eigenvalue weighted by Gasteiger charge is 2.17. The van der Waals surface area contributed by atoms with Crippen LogP contribution in [0, 0.1) is 6.92 Å². The highest BCUT2D eigenvalue weighted by atomic mass is 32.2. The van der Waals surface area contributed by atoms with E-state index in [0.717, 1.165) is 0 Å². The number of amides is 1. The van der Waals surface area contributed by atoms with Crippen molar-refractivity contribution in [1.29, 1.82) is 0 Å². The van der Waals surface area contributed by atoms with Crippen LogP contribution in [0.3, 0.4) is 0 Å². The largest absolute Gasteiger partial charge is 0.493 e. The van der Waals surface area contributed by atoms with Crippen molar-refractivity contribution in [2.24, 2.45) is 0 Å². The van der Waals surface area contributed by atoms with Crippen LogP contribution in [0.4, 0.5) is 5.69 Å². The predicted octanol–water partition coefficient (Wildman–Crippen LogP) is 2.03. The lowest BCUT2D eigenvalue weighted by atomic mass is 10.1. The van der Waals surface area contributed by atoms with Gasteiger partial charge in [0, 0.05) is 16.8 Å². The van der Waals surface area contributed by atoms with Crippen LogP contribution in [0.1, 0.15) is 15.9 Å². The Morgan fingerprint density at radius 2 is 1.73 bits per heavy atom. The van der Waals surface area contributed by atoms with Crippen molar-refractivity contribution in [3.8, 4) is 11.5 Å². The number of carbonyl (C=O) groups excluding carboxylic acids is 1. The maximum atomic E-state index is 12.5. The van der Waals surface area contributed by atoms with Crippen LogP contribution in [0.15, 0.2) is 41.3 Å². The number of rotatable bonds is 7. The molecular formula is C18H21NO6S. The third-order valence-electron chi connectivity index (χ3n) is 3.87. The number of hydrogen-bond donors (Lipinski definition) is 2. The smallest absolute Gasteiger partial charge is 0.256 e. The van der Waals surface area contributed by atoms with E-state index < -0.39 is 16.4 Å². The van der Waals surface area contributed by atoms with E-state index in [-0.39, 0.29) is 16.6 Å². The van der Waals surface area contributed by atoms with Gasteiger partial charge in [-0.25, -0.2) is 8.42 Å². The molecule has 8 heteroatoms. The average Bonchev–Trinajstić information content (AvgIpc) is 2.61. The minimum absolute atomic E-state index is 0.0897. The lowest BCUT2D eigenvalue weighted by molar-refractivity contribution is 0.102. The summed E-state index contributed by atoms with van der Waals surface area (Å²) in [5.41, 5.74) is 1.50. The summed E-state index contributed by atoms with van der Waals surface area (Å²) in [6.07, 6.45) is 0. The number of ether oxygens (including phenoxy) is 2. The maximum Gasteiger partial charge on any atom is 0.256 e. The lowest BCUT2D eigenvalue weighted by Gasteiger charge is -2.14. The Balaban J connectivity index is 2.23. The summed E-state index contributed by atoms with van der Waals surface area (Å²) in [5.74, 6) is 0.309. The van der Waals surface area contributed by atoms with Gasteiger partial charge in [-0.3, -0.25) is 4.79 Å². The Morgan fingerprint density at radius 1 is 1.08 bits per heavy atom. The van der Waals surface area contributed by atoms with Crippen molar-refractivity contribution < 1.29 is 27.8 Å². The fourth-order valence-corrected chi connectivity index (χ4v) is 3.54. The number of hydrogen-bond acceptors (Lipinski definition) is 6. The van der Waals surface area contributed by atoms with Gasteiger partial charge in [0.25, 0.3) is 5.91 Å². The van der Waals surface area contributed by atoms with E-state index in [1.165, 1.54) is 38.5 Å². The molecule has 0 saturated heterocycles. The summed E-state index contributed by atoms with van der Waals surface area (Å²) in [6, 6.07) is 9.05. The fraction of sp³-hybridized carbons (Fsp3) is 0.278. The van der Waals surface area contributed by atoms with E-state index >= 15 is 0 Å². The molecule has 0 heterocycles. The second-order valence-electron chi connectivity index (χ2n) is 5.49. The van der Waals surface area contributed by atoms with Crippen LogP contribution in [0.5, 0.6) is 11.5 Å². The predicted molar refractivity (Wildman–Crippen MR) is 97.8 cm³/mol. The molecule has 0 aliphatic carbocycles.